The molecule has 0 bridgehead atoms. The number of carbonyl (C=O) groups excluding carboxylic acids is 1. The molecule has 2 heterocycles. The number of hydrogen-bond acceptors (Lipinski definition) is 3. The number of halogens is 1. The van der Waals surface area contributed by atoms with Crippen molar-refractivity contribution in [3.63, 3.8) is 0 Å². The largest absolute Gasteiger partial charge is 0.381 e. The van der Waals surface area contributed by atoms with Crippen LogP contribution in [0.25, 0.3) is 0 Å². The zero-order chi connectivity index (χ0) is 11.1. The fourth-order valence-corrected chi connectivity index (χ4v) is 2.19. The van der Waals surface area contributed by atoms with Crippen LogP contribution in [0.2, 0.25) is 0 Å². The topological polar surface area (TPSA) is 51.2 Å². The highest BCUT2D eigenvalue weighted by Crippen LogP contribution is 2.44. The van der Waals surface area contributed by atoms with Crippen LogP contribution < -0.4 is 5.32 Å². The molecular weight excluding hydrogens is 211 g/mol. The average Bonchev–Trinajstić information content (AvgIpc) is 2.75. The second kappa shape index (κ2) is 3.52. The van der Waals surface area contributed by atoms with Gasteiger partial charge in [-0.2, -0.15) is 0 Å². The van der Waals surface area contributed by atoms with Gasteiger partial charge in [-0.1, -0.05) is 0 Å². The van der Waals surface area contributed by atoms with Crippen molar-refractivity contribution in [1.29, 1.82) is 0 Å². The molecule has 1 aliphatic heterocycles. The van der Waals surface area contributed by atoms with Crippen LogP contribution in [0.3, 0.4) is 0 Å². The molecule has 1 N–H and O–H groups in total. The van der Waals surface area contributed by atoms with Crippen LogP contribution >= 0.6 is 0 Å². The molecule has 1 amide bonds. The summed E-state index contributed by atoms with van der Waals surface area (Å²) in [4.78, 5) is 15.4. The fourth-order valence-electron chi connectivity index (χ4n) is 2.19. The van der Waals surface area contributed by atoms with Gasteiger partial charge in [-0.25, -0.2) is 9.37 Å². The average molecular weight is 222 g/mol. The molecule has 16 heavy (non-hydrogen) atoms. The summed E-state index contributed by atoms with van der Waals surface area (Å²) < 4.78 is 17.8. The van der Waals surface area contributed by atoms with Gasteiger partial charge in [0.1, 0.15) is 11.5 Å². The number of amides is 1. The maximum Gasteiger partial charge on any atom is 0.270 e. The first-order chi connectivity index (χ1) is 7.75. The number of nitrogens with zero attached hydrogens (tertiary/aromatic N) is 1. The van der Waals surface area contributed by atoms with Crippen LogP contribution in [0.4, 0.5) is 4.39 Å². The van der Waals surface area contributed by atoms with Gasteiger partial charge in [-0.3, -0.25) is 4.79 Å². The summed E-state index contributed by atoms with van der Waals surface area (Å²) in [6.07, 6.45) is 1.05. The number of hydrogen-bond donors (Lipinski definition) is 1. The minimum atomic E-state index is -0.437. The summed E-state index contributed by atoms with van der Waals surface area (Å²) in [5.74, 6) is 0.251. The molecule has 0 radical (unpaired) electrons. The van der Waals surface area contributed by atoms with Crippen molar-refractivity contribution < 1.29 is 13.9 Å². The number of ether oxygens (including phenoxy) is 1. The lowest BCUT2D eigenvalue weighted by Gasteiger charge is -2.06. The number of pyridine rings is 1. The van der Waals surface area contributed by atoms with Crippen LogP contribution in [0.5, 0.6) is 0 Å². The highest BCUT2D eigenvalue weighted by molar-refractivity contribution is 5.92. The second-order valence-electron chi connectivity index (χ2n) is 4.23. The van der Waals surface area contributed by atoms with Crippen molar-refractivity contribution in [3.05, 3.63) is 29.8 Å². The van der Waals surface area contributed by atoms with E-state index in [1.54, 1.807) is 0 Å². The predicted octanol–water partition coefficient (Wildman–Crippen LogP) is 0.595. The van der Waals surface area contributed by atoms with E-state index in [1.807, 2.05) is 0 Å². The monoisotopic (exact) mass is 222 g/mol. The lowest BCUT2D eigenvalue weighted by molar-refractivity contribution is 0.0924. The molecule has 1 saturated carbocycles. The third-order valence-electron chi connectivity index (χ3n) is 3.21. The molecule has 1 aromatic rings. The third-order valence-corrected chi connectivity index (χ3v) is 3.21. The normalized spacial score (nSPS) is 30.9. The molecule has 2 fully saturated rings. The molecule has 3 atom stereocenters. The smallest absolute Gasteiger partial charge is 0.270 e. The van der Waals surface area contributed by atoms with Crippen LogP contribution in [0.15, 0.2) is 18.3 Å². The Hall–Kier alpha value is -1.49. The van der Waals surface area contributed by atoms with E-state index >= 15 is 0 Å². The number of aromatic nitrogens is 1. The molecule has 84 valence electrons. The minimum Gasteiger partial charge on any atom is -0.381 e. The Balaban J connectivity index is 1.63. The van der Waals surface area contributed by atoms with Gasteiger partial charge in [0.05, 0.1) is 19.4 Å². The molecule has 1 saturated heterocycles. The second-order valence-corrected chi connectivity index (χ2v) is 4.23. The standard InChI is InChI=1S/C11H11FN2O2/c12-6-1-2-9(13-3-6)11(15)14-10-7-4-16-5-8(7)10/h1-3,7-8,10H,4-5H2,(H,14,15)/t7-,8+,10?. The molecule has 0 spiro atoms. The molecule has 5 heteroatoms. The van der Waals surface area contributed by atoms with E-state index < -0.39 is 5.82 Å². The van der Waals surface area contributed by atoms with Gasteiger partial charge in [-0.15, -0.1) is 0 Å². The van der Waals surface area contributed by atoms with E-state index in [0.717, 1.165) is 19.4 Å². The summed E-state index contributed by atoms with van der Waals surface area (Å²) >= 11 is 0. The Morgan fingerprint density at radius 3 is 2.81 bits per heavy atom. The quantitative estimate of drug-likeness (QED) is 0.797. The first-order valence-corrected chi connectivity index (χ1v) is 5.26. The van der Waals surface area contributed by atoms with E-state index in [0.29, 0.717) is 11.8 Å². The van der Waals surface area contributed by atoms with Gasteiger partial charge in [0.15, 0.2) is 0 Å². The zero-order valence-corrected chi connectivity index (χ0v) is 8.52. The summed E-state index contributed by atoms with van der Waals surface area (Å²) in [5.41, 5.74) is 0.257. The van der Waals surface area contributed by atoms with Crippen molar-refractivity contribution in [2.24, 2.45) is 11.8 Å². The van der Waals surface area contributed by atoms with Crippen LogP contribution in [-0.2, 0) is 4.74 Å². The highest BCUT2D eigenvalue weighted by atomic mass is 19.1. The van der Waals surface area contributed by atoms with Crippen molar-refractivity contribution in [2.45, 2.75) is 6.04 Å². The Labute approximate surface area is 91.8 Å². The lowest BCUT2D eigenvalue weighted by atomic mass is 10.3. The first kappa shape index (κ1) is 9.72. The fraction of sp³-hybridized carbons (Fsp3) is 0.455. The van der Waals surface area contributed by atoms with Crippen LogP contribution in [0, 0.1) is 17.7 Å². The Morgan fingerprint density at radius 1 is 1.44 bits per heavy atom. The number of fused-ring (bicyclic) bond motifs is 1. The minimum absolute atomic E-state index is 0.216. The van der Waals surface area contributed by atoms with Crippen molar-refractivity contribution in [2.75, 3.05) is 13.2 Å². The number of carbonyl (C=O) groups is 1. The number of nitrogens with one attached hydrogen (secondary N) is 1. The lowest BCUT2D eigenvalue weighted by Crippen LogP contribution is -2.30. The van der Waals surface area contributed by atoms with Gasteiger partial charge in [-0.05, 0) is 12.1 Å². The summed E-state index contributed by atoms with van der Waals surface area (Å²) in [7, 11) is 0. The van der Waals surface area contributed by atoms with E-state index in [2.05, 4.69) is 10.3 Å². The summed E-state index contributed by atoms with van der Waals surface area (Å²) in [6, 6.07) is 2.84. The van der Waals surface area contributed by atoms with E-state index in [-0.39, 0.29) is 17.6 Å². The number of rotatable bonds is 2. The SMILES string of the molecule is O=C(NC1[C@H]2COC[C@@H]12)c1ccc(F)cn1. The Morgan fingerprint density at radius 2 is 2.19 bits per heavy atom. The highest BCUT2D eigenvalue weighted by Gasteiger charge is 2.54. The Bertz CT molecular complexity index is 410. The maximum atomic E-state index is 12.6. The van der Waals surface area contributed by atoms with Crippen molar-refractivity contribution in [1.82, 2.24) is 10.3 Å². The van der Waals surface area contributed by atoms with Gasteiger partial charge < -0.3 is 10.1 Å². The van der Waals surface area contributed by atoms with Gasteiger partial charge in [0.2, 0.25) is 0 Å². The third kappa shape index (κ3) is 1.57. The molecule has 1 unspecified atom stereocenters. The van der Waals surface area contributed by atoms with Crippen LogP contribution in [-0.4, -0.2) is 30.1 Å². The van der Waals surface area contributed by atoms with E-state index in [9.17, 15) is 9.18 Å². The zero-order valence-electron chi connectivity index (χ0n) is 8.52. The van der Waals surface area contributed by atoms with Crippen molar-refractivity contribution >= 4 is 5.91 Å². The van der Waals surface area contributed by atoms with Crippen LogP contribution in [0.1, 0.15) is 10.5 Å². The Kier molecular flexibility index (Phi) is 2.14. The molecular formula is C11H11FN2O2. The van der Waals surface area contributed by atoms with Crippen molar-refractivity contribution in [3.8, 4) is 0 Å². The molecule has 3 rings (SSSR count). The van der Waals surface area contributed by atoms with Gasteiger partial charge >= 0.3 is 0 Å². The maximum absolute atomic E-state index is 12.6. The predicted molar refractivity (Wildman–Crippen MR) is 53.2 cm³/mol. The van der Waals surface area contributed by atoms with Gasteiger partial charge in [0, 0.05) is 17.9 Å². The molecule has 4 nitrogen and oxygen atoms in total. The van der Waals surface area contributed by atoms with E-state index in [4.69, 9.17) is 4.74 Å². The van der Waals surface area contributed by atoms with Gasteiger partial charge in [0.25, 0.3) is 5.91 Å². The summed E-state index contributed by atoms with van der Waals surface area (Å²) in [6.45, 7) is 1.46. The molecule has 1 aliphatic carbocycles. The molecule has 0 aromatic carbocycles. The summed E-state index contributed by atoms with van der Waals surface area (Å²) in [5, 5.41) is 2.89. The van der Waals surface area contributed by atoms with E-state index in [1.165, 1.54) is 12.1 Å². The molecule has 1 aromatic heterocycles. The molecule has 2 aliphatic rings. The first-order valence-electron chi connectivity index (χ1n) is 5.26.